The highest BCUT2D eigenvalue weighted by Crippen LogP contribution is 2.17. The third kappa shape index (κ3) is 2.81. The van der Waals surface area contributed by atoms with E-state index in [1.807, 2.05) is 36.4 Å². The highest BCUT2D eigenvalue weighted by molar-refractivity contribution is 6.06. The predicted octanol–water partition coefficient (Wildman–Crippen LogP) is 1.78. The molecule has 2 aromatic carbocycles. The maximum absolute atomic E-state index is 13.1. The van der Waals surface area contributed by atoms with E-state index in [4.69, 9.17) is 11.0 Å². The van der Waals surface area contributed by atoms with Crippen LogP contribution in [-0.4, -0.2) is 25.5 Å². The largest absolute Gasteiger partial charge is 0.382 e. The van der Waals surface area contributed by atoms with Crippen molar-refractivity contribution >= 4 is 22.5 Å². The number of hydrogen-bond donors (Lipinski definition) is 1. The van der Waals surface area contributed by atoms with Crippen LogP contribution in [0.3, 0.4) is 0 Å². The lowest BCUT2D eigenvalue weighted by molar-refractivity contribution is 0.0942. The summed E-state index contributed by atoms with van der Waals surface area (Å²) < 4.78 is 2.17. The number of carbonyl (C=O) groups is 1. The van der Waals surface area contributed by atoms with Gasteiger partial charge in [-0.05, 0) is 11.6 Å². The van der Waals surface area contributed by atoms with E-state index in [1.165, 1.54) is 10.9 Å². The van der Waals surface area contributed by atoms with Crippen LogP contribution in [0.25, 0.3) is 10.8 Å². The normalized spacial score (nSPS) is 10.7. The molecular formula is C20H14N6O2. The maximum Gasteiger partial charge on any atom is 0.301 e. The summed E-state index contributed by atoms with van der Waals surface area (Å²) in [5, 5.41) is 18.0. The van der Waals surface area contributed by atoms with Crippen LogP contribution in [0.4, 0.5) is 5.82 Å². The van der Waals surface area contributed by atoms with Crippen molar-refractivity contribution in [2.75, 3.05) is 5.73 Å². The molecule has 0 aliphatic heterocycles. The lowest BCUT2D eigenvalue weighted by Crippen LogP contribution is -2.28. The van der Waals surface area contributed by atoms with Gasteiger partial charge in [-0.1, -0.05) is 48.5 Å². The summed E-state index contributed by atoms with van der Waals surface area (Å²) in [4.78, 5) is 25.9. The van der Waals surface area contributed by atoms with Crippen molar-refractivity contribution < 1.29 is 4.79 Å². The maximum atomic E-state index is 13.1. The number of nitriles is 1. The molecule has 0 fully saturated rings. The highest BCUT2D eigenvalue weighted by Gasteiger charge is 2.22. The Hall–Kier alpha value is -4.25. The second-order valence-corrected chi connectivity index (χ2v) is 6.11. The zero-order chi connectivity index (χ0) is 19.7. The van der Waals surface area contributed by atoms with Crippen molar-refractivity contribution in [3.8, 4) is 6.07 Å². The first kappa shape index (κ1) is 17.2. The number of carbonyl (C=O) groups excluding carboxylic acids is 1. The molecule has 136 valence electrons. The molecule has 0 aliphatic carbocycles. The third-order valence-electron chi connectivity index (χ3n) is 4.36. The van der Waals surface area contributed by atoms with Gasteiger partial charge in [0.15, 0.2) is 5.69 Å². The molecule has 0 unspecified atom stereocenters. The fraction of sp³-hybridized carbons (Fsp3) is 0.0500. The van der Waals surface area contributed by atoms with Crippen LogP contribution < -0.4 is 11.3 Å². The highest BCUT2D eigenvalue weighted by atomic mass is 16.2. The second kappa shape index (κ2) is 6.81. The average Bonchev–Trinajstić information content (AvgIpc) is 3.11. The SMILES string of the molecule is N#Cc1cnn(C(=O)c2nn(Cc3ccccc3)c(=O)c3ccccc23)c1N. The van der Waals surface area contributed by atoms with E-state index in [9.17, 15) is 9.59 Å². The lowest BCUT2D eigenvalue weighted by Gasteiger charge is -2.11. The van der Waals surface area contributed by atoms with Crippen LogP contribution in [0.2, 0.25) is 0 Å². The van der Waals surface area contributed by atoms with E-state index in [1.54, 1.807) is 24.3 Å². The van der Waals surface area contributed by atoms with Crippen LogP contribution in [0, 0.1) is 11.3 Å². The summed E-state index contributed by atoms with van der Waals surface area (Å²) in [6.45, 7) is 0.211. The van der Waals surface area contributed by atoms with Gasteiger partial charge in [0.2, 0.25) is 0 Å². The topological polar surface area (TPSA) is 120 Å². The quantitative estimate of drug-likeness (QED) is 0.587. The van der Waals surface area contributed by atoms with Gasteiger partial charge >= 0.3 is 5.91 Å². The summed E-state index contributed by atoms with van der Waals surface area (Å²) in [6.07, 6.45) is 1.22. The van der Waals surface area contributed by atoms with Crippen LogP contribution >= 0.6 is 0 Å². The van der Waals surface area contributed by atoms with Gasteiger partial charge in [0.25, 0.3) is 5.56 Å². The van der Waals surface area contributed by atoms with Crippen LogP contribution in [0.5, 0.6) is 0 Å². The molecule has 8 nitrogen and oxygen atoms in total. The molecule has 4 rings (SSSR count). The Bertz CT molecular complexity index is 1300. The Morgan fingerprint density at radius 3 is 2.43 bits per heavy atom. The first-order chi connectivity index (χ1) is 13.6. The molecule has 0 saturated heterocycles. The van der Waals surface area contributed by atoms with Gasteiger partial charge in [-0.2, -0.15) is 20.1 Å². The fourth-order valence-corrected chi connectivity index (χ4v) is 2.96. The van der Waals surface area contributed by atoms with Crippen LogP contribution in [-0.2, 0) is 6.54 Å². The molecule has 8 heteroatoms. The number of anilines is 1. The Balaban J connectivity index is 1.91. The molecule has 2 heterocycles. The predicted molar refractivity (Wildman–Crippen MR) is 103 cm³/mol. The summed E-state index contributed by atoms with van der Waals surface area (Å²) in [5.41, 5.74) is 6.54. The van der Waals surface area contributed by atoms with Crippen molar-refractivity contribution in [1.29, 1.82) is 5.26 Å². The van der Waals surface area contributed by atoms with Gasteiger partial charge in [-0.15, -0.1) is 0 Å². The Morgan fingerprint density at radius 2 is 1.75 bits per heavy atom. The van der Waals surface area contributed by atoms with Gasteiger partial charge in [0.1, 0.15) is 17.5 Å². The monoisotopic (exact) mass is 370 g/mol. The molecule has 0 radical (unpaired) electrons. The Kier molecular flexibility index (Phi) is 4.18. The minimum absolute atomic E-state index is 0.0328. The van der Waals surface area contributed by atoms with Crippen molar-refractivity contribution in [1.82, 2.24) is 19.6 Å². The van der Waals surface area contributed by atoms with Gasteiger partial charge < -0.3 is 5.73 Å². The fourth-order valence-electron chi connectivity index (χ4n) is 2.96. The number of nitrogens with zero attached hydrogens (tertiary/aromatic N) is 5. The van der Waals surface area contributed by atoms with E-state index < -0.39 is 5.91 Å². The van der Waals surface area contributed by atoms with E-state index in [0.29, 0.717) is 10.8 Å². The summed E-state index contributed by atoms with van der Waals surface area (Å²) in [5.74, 6) is -0.684. The van der Waals surface area contributed by atoms with Gasteiger partial charge in [0.05, 0.1) is 18.1 Å². The molecule has 0 amide bonds. The molecule has 4 aromatic rings. The van der Waals surface area contributed by atoms with E-state index in [2.05, 4.69) is 10.2 Å². The first-order valence-corrected chi connectivity index (χ1v) is 8.42. The number of benzene rings is 2. The molecule has 0 spiro atoms. The van der Waals surface area contributed by atoms with Crippen molar-refractivity contribution in [2.45, 2.75) is 6.54 Å². The minimum atomic E-state index is -0.614. The zero-order valence-electron chi connectivity index (χ0n) is 14.6. The molecule has 2 aromatic heterocycles. The number of nitrogens with two attached hydrogens (primary N) is 1. The number of hydrogen-bond acceptors (Lipinski definition) is 6. The van der Waals surface area contributed by atoms with Crippen molar-refractivity contribution in [2.24, 2.45) is 0 Å². The van der Waals surface area contributed by atoms with Crippen molar-refractivity contribution in [3.05, 3.63) is 88.0 Å². The van der Waals surface area contributed by atoms with E-state index in [0.717, 1.165) is 10.2 Å². The standard InChI is InChI=1S/C20H14N6O2/c21-10-14-11-23-26(18(14)22)20(28)17-15-8-4-5-9-16(15)19(27)25(24-17)12-13-6-2-1-3-7-13/h1-9,11H,12,22H2. The van der Waals surface area contributed by atoms with Crippen molar-refractivity contribution in [3.63, 3.8) is 0 Å². The Morgan fingerprint density at radius 1 is 1.07 bits per heavy atom. The number of rotatable bonds is 3. The number of fused-ring (bicyclic) bond motifs is 1. The van der Waals surface area contributed by atoms with Gasteiger partial charge in [-0.3, -0.25) is 9.59 Å². The molecular weight excluding hydrogens is 356 g/mol. The zero-order valence-corrected chi connectivity index (χ0v) is 14.6. The van der Waals surface area contributed by atoms with Crippen LogP contribution in [0.15, 0.2) is 65.6 Å². The molecule has 0 saturated carbocycles. The molecule has 0 atom stereocenters. The van der Waals surface area contributed by atoms with E-state index in [-0.39, 0.29) is 29.2 Å². The first-order valence-electron chi connectivity index (χ1n) is 8.42. The average molecular weight is 370 g/mol. The summed E-state index contributed by atoms with van der Waals surface area (Å²) >= 11 is 0. The summed E-state index contributed by atoms with van der Waals surface area (Å²) in [7, 11) is 0. The molecule has 2 N–H and O–H groups in total. The smallest absolute Gasteiger partial charge is 0.301 e. The minimum Gasteiger partial charge on any atom is -0.382 e. The molecule has 0 bridgehead atoms. The molecule has 0 aliphatic rings. The van der Waals surface area contributed by atoms with Crippen LogP contribution in [0.1, 0.15) is 21.6 Å². The Labute approximate surface area is 159 Å². The van der Waals surface area contributed by atoms with Gasteiger partial charge in [-0.25, -0.2) is 4.68 Å². The lowest BCUT2D eigenvalue weighted by atomic mass is 10.1. The number of aromatic nitrogens is 4. The van der Waals surface area contributed by atoms with Gasteiger partial charge in [0, 0.05) is 5.39 Å². The van der Waals surface area contributed by atoms with E-state index >= 15 is 0 Å². The second-order valence-electron chi connectivity index (χ2n) is 6.11. The number of nitrogen functional groups attached to an aromatic ring is 1. The summed E-state index contributed by atoms with van der Waals surface area (Å²) in [6, 6.07) is 18.0. The molecule has 28 heavy (non-hydrogen) atoms. The third-order valence-corrected chi connectivity index (χ3v) is 4.36.